The Kier molecular flexibility index (Phi) is 18.4. The van der Waals surface area contributed by atoms with Crippen LogP contribution in [0.5, 0.6) is 5.75 Å². The monoisotopic (exact) mass is 1040 g/mol. The second-order valence-corrected chi connectivity index (χ2v) is 21.9. The number of rotatable bonds is 25. The minimum atomic E-state index is -3.40. The molecule has 3 aliphatic rings. The summed E-state index contributed by atoms with van der Waals surface area (Å²) in [5.74, 6) is -2.48. The lowest BCUT2D eigenvalue weighted by molar-refractivity contribution is -0.137. The van der Waals surface area contributed by atoms with Crippen LogP contribution in [0.15, 0.2) is 66.7 Å². The smallest absolute Gasteiger partial charge is 0.349 e. The van der Waals surface area contributed by atoms with Gasteiger partial charge in [0, 0.05) is 42.6 Å². The summed E-state index contributed by atoms with van der Waals surface area (Å²) < 4.78 is 31.8. The molecule has 7 rings (SSSR count). The van der Waals surface area contributed by atoms with E-state index in [1.165, 1.54) is 4.90 Å². The number of carboxylic acid groups (broad SMARTS) is 1. The highest BCUT2D eigenvalue weighted by Gasteiger charge is 2.40. The quantitative estimate of drug-likeness (QED) is 0.0206. The number of sulfone groups is 1. The number of imide groups is 1. The number of hydrogen-bond acceptors (Lipinski definition) is 15. The van der Waals surface area contributed by atoms with E-state index in [-0.39, 0.29) is 82.8 Å². The Morgan fingerprint density at radius 3 is 2.42 bits per heavy atom. The van der Waals surface area contributed by atoms with Crippen LogP contribution in [-0.2, 0) is 36.5 Å². The Labute approximate surface area is 421 Å². The van der Waals surface area contributed by atoms with Gasteiger partial charge in [-0.2, -0.15) is 0 Å². The van der Waals surface area contributed by atoms with Crippen LogP contribution in [-0.4, -0.2) is 113 Å². The van der Waals surface area contributed by atoms with Gasteiger partial charge in [0.05, 0.1) is 28.5 Å². The second kappa shape index (κ2) is 24.6. The average Bonchev–Trinajstić information content (AvgIpc) is 3.85. The first kappa shape index (κ1) is 53.0. The standard InChI is InChI=1S/C50H61ClN6O12S2/c51-44-45(69-28-42(61)62)47(50(65)66)70-46(44)32-9-6-12-36(25-32)54-34-17-15-30(16-18-34)21-23-71(67,68)29-31-8-5-11-35(24-31)55-39(58)14-3-1-2-4-22-52-41(60)26-53-37-13-7-10-33-27-57(49(64)43(33)37)38-19-20-40(59)56-48(38)63/h5-13,24-25,30,34,38-39,42,53-55,58,61-62H,1-4,14-23,26-29H2,(H,52,60)(H,65,66)(H,56,59,63). The molecular weight excluding hydrogens is 976 g/mol. The lowest BCUT2D eigenvalue weighted by Crippen LogP contribution is -2.52. The topological polar surface area (TPSA) is 273 Å². The summed E-state index contributed by atoms with van der Waals surface area (Å²) in [6.45, 7) is 0.151. The molecule has 71 heavy (non-hydrogen) atoms. The lowest BCUT2D eigenvalue weighted by Gasteiger charge is -2.30. The van der Waals surface area contributed by atoms with Gasteiger partial charge < -0.3 is 51.3 Å². The van der Waals surface area contributed by atoms with Gasteiger partial charge >= 0.3 is 5.97 Å². The highest BCUT2D eigenvalue weighted by atomic mass is 35.5. The SMILES string of the molecule is O=C(CNc1cccc2c1C(=O)N(C1CCC(=O)NC1=O)C2)NCCCCCCC(O)Nc1cccc(CS(=O)(=O)CCC2CCC(Nc3cccc(-c4sc(C(=O)O)c(OCC(O)O)c4Cl)c3)CC2)c1. The zero-order chi connectivity index (χ0) is 50.7. The summed E-state index contributed by atoms with van der Waals surface area (Å²) in [6, 6.07) is 19.3. The van der Waals surface area contributed by atoms with Gasteiger partial charge in [0.25, 0.3) is 5.91 Å². The molecule has 1 aromatic heterocycles. The molecule has 1 saturated heterocycles. The normalized spacial score (nSPS) is 18.5. The fourth-order valence-corrected chi connectivity index (χ4v) is 12.2. The summed E-state index contributed by atoms with van der Waals surface area (Å²) in [6.07, 6.45) is 5.49. The van der Waals surface area contributed by atoms with Crippen molar-refractivity contribution in [3.05, 3.63) is 93.3 Å². The van der Waals surface area contributed by atoms with Gasteiger partial charge in [0.15, 0.2) is 26.8 Å². The molecule has 0 bridgehead atoms. The van der Waals surface area contributed by atoms with Gasteiger partial charge in [-0.1, -0.05) is 60.8 Å². The molecule has 1 saturated carbocycles. The van der Waals surface area contributed by atoms with Gasteiger partial charge in [0.1, 0.15) is 23.9 Å². The highest BCUT2D eigenvalue weighted by Crippen LogP contribution is 2.46. The van der Waals surface area contributed by atoms with Crippen molar-refractivity contribution in [2.45, 2.75) is 114 Å². The van der Waals surface area contributed by atoms with Crippen LogP contribution in [0.2, 0.25) is 5.02 Å². The molecule has 1 aliphatic carbocycles. The van der Waals surface area contributed by atoms with Crippen LogP contribution in [0, 0.1) is 5.92 Å². The van der Waals surface area contributed by atoms with Crippen molar-refractivity contribution in [1.82, 2.24) is 15.5 Å². The van der Waals surface area contributed by atoms with E-state index in [9.17, 15) is 52.8 Å². The molecule has 382 valence electrons. The molecule has 18 nitrogen and oxygen atoms in total. The second-order valence-electron chi connectivity index (χ2n) is 18.3. The number of carbonyl (C=O) groups excluding carboxylic acids is 4. The Morgan fingerprint density at radius 1 is 0.915 bits per heavy atom. The highest BCUT2D eigenvalue weighted by molar-refractivity contribution is 7.90. The number of nitrogens with one attached hydrogen (secondary N) is 5. The number of aromatic carboxylic acids is 1. The summed E-state index contributed by atoms with van der Waals surface area (Å²) >= 11 is 7.46. The molecule has 3 heterocycles. The molecule has 0 spiro atoms. The van der Waals surface area contributed by atoms with E-state index in [0.29, 0.717) is 52.3 Å². The van der Waals surface area contributed by atoms with Crippen molar-refractivity contribution in [2.75, 3.05) is 41.4 Å². The summed E-state index contributed by atoms with van der Waals surface area (Å²) in [7, 11) is -3.40. The van der Waals surface area contributed by atoms with Crippen LogP contribution < -0.4 is 31.3 Å². The van der Waals surface area contributed by atoms with Gasteiger partial charge in [-0.3, -0.25) is 24.5 Å². The number of nitrogens with zero attached hydrogens (tertiary/aromatic N) is 1. The number of aliphatic hydroxyl groups excluding tert-OH is 2. The predicted octanol–water partition coefficient (Wildman–Crippen LogP) is 6.10. The number of carbonyl (C=O) groups is 5. The molecule has 0 radical (unpaired) electrons. The van der Waals surface area contributed by atoms with E-state index < -0.39 is 46.9 Å². The van der Waals surface area contributed by atoms with E-state index in [0.717, 1.165) is 74.0 Å². The van der Waals surface area contributed by atoms with E-state index >= 15 is 0 Å². The van der Waals surface area contributed by atoms with Crippen molar-refractivity contribution in [3.8, 4) is 16.2 Å². The van der Waals surface area contributed by atoms with E-state index in [1.54, 1.807) is 42.5 Å². The van der Waals surface area contributed by atoms with Crippen LogP contribution in [0.25, 0.3) is 10.4 Å². The van der Waals surface area contributed by atoms with Crippen LogP contribution in [0.3, 0.4) is 0 Å². The van der Waals surface area contributed by atoms with E-state index in [4.69, 9.17) is 16.3 Å². The molecule has 9 N–H and O–H groups in total. The van der Waals surface area contributed by atoms with Gasteiger partial charge in [-0.15, -0.1) is 11.3 Å². The molecule has 21 heteroatoms. The lowest BCUT2D eigenvalue weighted by atomic mass is 9.84. The minimum absolute atomic E-state index is 0.0367. The third kappa shape index (κ3) is 14.7. The maximum absolute atomic E-state index is 13.3. The molecule has 4 amide bonds. The van der Waals surface area contributed by atoms with Crippen molar-refractivity contribution >= 4 is 79.4 Å². The predicted molar refractivity (Wildman–Crippen MR) is 270 cm³/mol. The first-order chi connectivity index (χ1) is 34.0. The maximum atomic E-state index is 13.3. The average molecular weight is 1040 g/mol. The zero-order valence-corrected chi connectivity index (χ0v) is 41.6. The summed E-state index contributed by atoms with van der Waals surface area (Å²) in [5.41, 5.74) is 4.47. The number of aliphatic hydroxyl groups is 3. The number of halogens is 1. The third-order valence-corrected chi connectivity index (χ3v) is 16.2. The number of amides is 4. The van der Waals surface area contributed by atoms with Crippen molar-refractivity contribution in [3.63, 3.8) is 0 Å². The van der Waals surface area contributed by atoms with Crippen LogP contribution in [0.4, 0.5) is 17.1 Å². The third-order valence-electron chi connectivity index (χ3n) is 12.9. The number of carboxylic acids is 1. The number of hydrogen-bond donors (Lipinski definition) is 9. The number of thiophene rings is 1. The summed E-state index contributed by atoms with van der Waals surface area (Å²) in [5, 5.41) is 53.7. The molecular formula is C50H61ClN6O12S2. The molecule has 2 fully saturated rings. The van der Waals surface area contributed by atoms with Gasteiger partial charge in [0.2, 0.25) is 17.7 Å². The fraction of sp³-hybridized carbons (Fsp3) is 0.460. The number of benzene rings is 3. The number of ether oxygens (including phenoxy) is 1. The molecule has 2 atom stereocenters. The Morgan fingerprint density at radius 2 is 1.66 bits per heavy atom. The molecule has 2 aliphatic heterocycles. The van der Waals surface area contributed by atoms with E-state index in [1.807, 2.05) is 24.3 Å². The van der Waals surface area contributed by atoms with Crippen LogP contribution in [0.1, 0.15) is 108 Å². The van der Waals surface area contributed by atoms with Gasteiger partial charge in [-0.25, -0.2) is 13.2 Å². The van der Waals surface area contributed by atoms with Crippen molar-refractivity contribution in [2.24, 2.45) is 5.92 Å². The summed E-state index contributed by atoms with van der Waals surface area (Å²) in [4.78, 5) is 63.6. The minimum Gasteiger partial charge on any atom is -0.485 e. The first-order valence-corrected chi connectivity index (χ1v) is 27.0. The molecule has 2 unspecified atom stereocenters. The van der Waals surface area contributed by atoms with Gasteiger partial charge in [-0.05, 0) is 111 Å². The zero-order valence-electron chi connectivity index (χ0n) is 39.2. The Bertz CT molecular complexity index is 2670. The molecule has 3 aromatic carbocycles. The number of piperidine rings is 1. The number of anilines is 3. The van der Waals surface area contributed by atoms with Crippen molar-refractivity contribution < 1.29 is 57.6 Å². The Hall–Kier alpha value is -5.77. The van der Waals surface area contributed by atoms with E-state index in [2.05, 4.69) is 26.6 Å². The number of fused-ring (bicyclic) bond motifs is 1. The maximum Gasteiger partial charge on any atom is 0.349 e. The largest absolute Gasteiger partial charge is 0.485 e. The first-order valence-electron chi connectivity index (χ1n) is 24.0. The Balaban J connectivity index is 0.756. The molecule has 4 aromatic rings. The van der Waals surface area contributed by atoms with Crippen molar-refractivity contribution in [1.29, 1.82) is 0 Å². The fourth-order valence-electron chi connectivity index (χ4n) is 9.32. The number of unbranched alkanes of at least 4 members (excludes halogenated alkanes) is 3. The van der Waals surface area contributed by atoms with Crippen LogP contribution >= 0.6 is 22.9 Å².